The van der Waals surface area contributed by atoms with Gasteiger partial charge >= 0.3 is 0 Å². The van der Waals surface area contributed by atoms with E-state index in [1.54, 1.807) is 19.2 Å². The minimum atomic E-state index is -0.280. The molecule has 1 aliphatic heterocycles. The summed E-state index contributed by atoms with van der Waals surface area (Å²) >= 11 is 0. The molecule has 1 fully saturated rings. The summed E-state index contributed by atoms with van der Waals surface area (Å²) in [4.78, 5) is 23.3. The first-order valence-electron chi connectivity index (χ1n) is 8.77. The number of likely N-dealkylation sites (tertiary alicyclic amines) is 1. The number of halogens is 1. The summed E-state index contributed by atoms with van der Waals surface area (Å²) in [6, 6.07) is 6.63. The Morgan fingerprint density at radius 2 is 2.08 bits per heavy atom. The summed E-state index contributed by atoms with van der Waals surface area (Å²) in [6.45, 7) is 3.95. The topological polar surface area (TPSA) is 70.2 Å². The molecule has 7 heteroatoms. The summed E-state index contributed by atoms with van der Waals surface area (Å²) in [7, 11) is 3.65. The number of anilines is 1. The van der Waals surface area contributed by atoms with Crippen molar-refractivity contribution in [3.05, 3.63) is 53.2 Å². The van der Waals surface area contributed by atoms with Gasteiger partial charge in [-0.15, -0.1) is 0 Å². The molecule has 0 radical (unpaired) electrons. The van der Waals surface area contributed by atoms with Crippen LogP contribution in [0.4, 0.5) is 10.2 Å². The third-order valence-electron chi connectivity index (χ3n) is 4.77. The van der Waals surface area contributed by atoms with Gasteiger partial charge in [0.1, 0.15) is 17.3 Å². The zero-order valence-corrected chi connectivity index (χ0v) is 15.3. The molecule has 26 heavy (non-hydrogen) atoms. The average Bonchev–Trinajstić information content (AvgIpc) is 3.06. The predicted molar refractivity (Wildman–Crippen MR) is 98.9 cm³/mol. The van der Waals surface area contributed by atoms with Crippen LogP contribution in [0.15, 0.2) is 30.5 Å². The predicted octanol–water partition coefficient (Wildman–Crippen LogP) is 2.24. The molecule has 2 heterocycles. The number of nitrogens with zero attached hydrogens (tertiary/aromatic N) is 3. The number of carbonyl (C=O) groups is 1. The van der Waals surface area contributed by atoms with E-state index >= 15 is 0 Å². The van der Waals surface area contributed by atoms with Gasteiger partial charge in [0.25, 0.3) is 5.91 Å². The van der Waals surface area contributed by atoms with Crippen LogP contribution in [0, 0.1) is 5.82 Å². The maximum atomic E-state index is 13.3. The van der Waals surface area contributed by atoms with Crippen LogP contribution in [0.1, 0.15) is 41.0 Å². The van der Waals surface area contributed by atoms with Gasteiger partial charge < -0.3 is 15.5 Å². The van der Waals surface area contributed by atoms with Gasteiger partial charge in [-0.2, -0.15) is 0 Å². The minimum absolute atomic E-state index is 0.130. The Hall–Kier alpha value is -2.54. The molecule has 2 unspecified atom stereocenters. The van der Waals surface area contributed by atoms with Gasteiger partial charge in [0, 0.05) is 25.6 Å². The molecule has 1 aliphatic rings. The highest BCUT2D eigenvalue weighted by atomic mass is 19.1. The first-order valence-corrected chi connectivity index (χ1v) is 8.77. The summed E-state index contributed by atoms with van der Waals surface area (Å²) in [5.74, 6) is -0.0141. The van der Waals surface area contributed by atoms with Crippen molar-refractivity contribution in [3.63, 3.8) is 0 Å². The molecule has 0 aliphatic carbocycles. The highest BCUT2D eigenvalue weighted by Crippen LogP contribution is 2.28. The third-order valence-corrected chi connectivity index (χ3v) is 4.77. The number of hydrogen-bond acceptors (Lipinski definition) is 5. The van der Waals surface area contributed by atoms with Gasteiger partial charge in [-0.3, -0.25) is 4.79 Å². The van der Waals surface area contributed by atoms with Crippen molar-refractivity contribution in [2.45, 2.75) is 25.3 Å². The van der Waals surface area contributed by atoms with Crippen molar-refractivity contribution in [1.82, 2.24) is 20.2 Å². The van der Waals surface area contributed by atoms with Crippen molar-refractivity contribution < 1.29 is 9.18 Å². The number of amides is 1. The highest BCUT2D eigenvalue weighted by molar-refractivity contribution is 5.92. The van der Waals surface area contributed by atoms with Crippen LogP contribution in [-0.2, 0) is 0 Å². The zero-order valence-electron chi connectivity index (χ0n) is 15.3. The molecule has 2 atom stereocenters. The van der Waals surface area contributed by atoms with Gasteiger partial charge in [0.2, 0.25) is 0 Å². The lowest BCUT2D eigenvalue weighted by atomic mass is 9.97. The minimum Gasteiger partial charge on any atom is -0.364 e. The number of aromatic nitrogens is 2. The van der Waals surface area contributed by atoms with E-state index in [0.717, 1.165) is 25.1 Å². The van der Waals surface area contributed by atoms with E-state index in [1.165, 1.54) is 18.3 Å². The van der Waals surface area contributed by atoms with Crippen LogP contribution >= 0.6 is 0 Å². The summed E-state index contributed by atoms with van der Waals surface area (Å²) in [6.07, 6.45) is 2.51. The van der Waals surface area contributed by atoms with Gasteiger partial charge in [-0.1, -0.05) is 19.1 Å². The van der Waals surface area contributed by atoms with E-state index in [2.05, 4.69) is 32.5 Å². The number of rotatable bonds is 5. The molecule has 1 aromatic carbocycles. The second kappa shape index (κ2) is 7.78. The van der Waals surface area contributed by atoms with Crippen molar-refractivity contribution in [2.75, 3.05) is 32.5 Å². The Kier molecular flexibility index (Phi) is 5.46. The molecule has 0 bridgehead atoms. The fourth-order valence-electron chi connectivity index (χ4n) is 3.21. The molecular formula is C19H24FN5O. The van der Waals surface area contributed by atoms with Crippen LogP contribution in [0.5, 0.6) is 0 Å². The van der Waals surface area contributed by atoms with Crippen LogP contribution < -0.4 is 10.6 Å². The summed E-state index contributed by atoms with van der Waals surface area (Å²) in [5.41, 5.74) is 1.87. The molecule has 138 valence electrons. The van der Waals surface area contributed by atoms with E-state index in [1.807, 2.05) is 6.92 Å². The molecule has 1 amide bonds. The van der Waals surface area contributed by atoms with E-state index in [4.69, 9.17) is 0 Å². The second-order valence-corrected chi connectivity index (χ2v) is 6.73. The smallest absolute Gasteiger partial charge is 0.271 e. The molecular weight excluding hydrogens is 333 g/mol. The quantitative estimate of drug-likeness (QED) is 0.859. The van der Waals surface area contributed by atoms with Crippen molar-refractivity contribution in [1.29, 1.82) is 0 Å². The molecule has 3 rings (SSSR count). The van der Waals surface area contributed by atoms with Crippen molar-refractivity contribution >= 4 is 11.7 Å². The van der Waals surface area contributed by atoms with Crippen LogP contribution in [0.3, 0.4) is 0 Å². The Morgan fingerprint density at radius 1 is 1.35 bits per heavy atom. The number of nitrogens with one attached hydrogen (secondary N) is 2. The SMILES string of the molecule is CNC(=O)c1cnc(NC2CCN(C)C2)c(C(C)c2ccc(F)cc2)n1. The largest absolute Gasteiger partial charge is 0.364 e. The van der Waals surface area contributed by atoms with E-state index in [9.17, 15) is 9.18 Å². The Bertz CT molecular complexity index is 780. The third kappa shape index (κ3) is 3.99. The summed E-state index contributed by atoms with van der Waals surface area (Å²) in [5, 5.41) is 6.04. The van der Waals surface area contributed by atoms with Crippen LogP contribution in [0.2, 0.25) is 0 Å². The molecule has 1 aromatic heterocycles. The van der Waals surface area contributed by atoms with Crippen LogP contribution in [0.25, 0.3) is 0 Å². The maximum absolute atomic E-state index is 13.3. The Morgan fingerprint density at radius 3 is 2.69 bits per heavy atom. The van der Waals surface area contributed by atoms with E-state index < -0.39 is 0 Å². The Balaban J connectivity index is 1.95. The van der Waals surface area contributed by atoms with Crippen molar-refractivity contribution in [2.24, 2.45) is 0 Å². The fourth-order valence-corrected chi connectivity index (χ4v) is 3.21. The molecule has 1 saturated heterocycles. The van der Waals surface area contributed by atoms with E-state index in [-0.39, 0.29) is 23.3 Å². The van der Waals surface area contributed by atoms with Gasteiger partial charge in [-0.05, 0) is 37.7 Å². The first kappa shape index (κ1) is 18.3. The standard InChI is InChI=1S/C19H24FN5O/c1-12(13-4-6-14(20)7-5-13)17-18(23-15-8-9-25(3)11-15)22-10-16(24-17)19(26)21-2/h4-7,10,12,15H,8-9,11H2,1-3H3,(H,21,26)(H,22,23). The van der Waals surface area contributed by atoms with Gasteiger partial charge in [0.05, 0.1) is 11.9 Å². The maximum Gasteiger partial charge on any atom is 0.271 e. The fraction of sp³-hybridized carbons (Fsp3) is 0.421. The van der Waals surface area contributed by atoms with Gasteiger partial charge in [0.15, 0.2) is 0 Å². The van der Waals surface area contributed by atoms with Gasteiger partial charge in [-0.25, -0.2) is 14.4 Å². The van der Waals surface area contributed by atoms with Crippen LogP contribution in [-0.4, -0.2) is 54.0 Å². The second-order valence-electron chi connectivity index (χ2n) is 6.73. The van der Waals surface area contributed by atoms with E-state index in [0.29, 0.717) is 17.6 Å². The Labute approximate surface area is 152 Å². The average molecular weight is 357 g/mol. The highest BCUT2D eigenvalue weighted by Gasteiger charge is 2.24. The summed E-state index contributed by atoms with van der Waals surface area (Å²) < 4.78 is 13.3. The lowest BCUT2D eigenvalue weighted by Gasteiger charge is -2.20. The molecule has 0 saturated carbocycles. The normalized spacial score (nSPS) is 18.5. The molecule has 2 aromatic rings. The zero-order chi connectivity index (χ0) is 18.7. The molecule has 2 N–H and O–H groups in total. The molecule has 6 nitrogen and oxygen atoms in total. The molecule has 0 spiro atoms. The lowest BCUT2D eigenvalue weighted by molar-refractivity contribution is 0.0957. The monoisotopic (exact) mass is 357 g/mol. The lowest BCUT2D eigenvalue weighted by Crippen LogP contribution is -2.26. The van der Waals surface area contributed by atoms with Crippen molar-refractivity contribution in [3.8, 4) is 0 Å². The first-order chi connectivity index (χ1) is 12.5. The number of hydrogen-bond donors (Lipinski definition) is 2. The number of benzene rings is 1. The number of carbonyl (C=O) groups excluding carboxylic acids is 1. The number of likely N-dealkylation sites (N-methyl/N-ethyl adjacent to an activating group) is 1.